The van der Waals surface area contributed by atoms with Gasteiger partial charge in [0.15, 0.2) is 0 Å². The summed E-state index contributed by atoms with van der Waals surface area (Å²) in [7, 11) is 2.22. The van der Waals surface area contributed by atoms with E-state index in [1.54, 1.807) is 0 Å². The average Bonchev–Trinajstić information content (AvgIpc) is 2.85. The van der Waals surface area contributed by atoms with Crippen LogP contribution in [0.25, 0.3) is 0 Å². The molecule has 1 heterocycles. The van der Waals surface area contributed by atoms with Crippen molar-refractivity contribution in [1.29, 1.82) is 0 Å². The summed E-state index contributed by atoms with van der Waals surface area (Å²) in [4.78, 5) is 2.89. The summed E-state index contributed by atoms with van der Waals surface area (Å²) in [6.07, 6.45) is 14.6. The summed E-state index contributed by atoms with van der Waals surface area (Å²) in [6.45, 7) is 2.73. The summed E-state index contributed by atoms with van der Waals surface area (Å²) >= 11 is 0. The Morgan fingerprint density at radius 3 is 2.11 bits per heavy atom. The van der Waals surface area contributed by atoms with Gasteiger partial charge >= 0.3 is 0 Å². The number of piperidine rings is 1. The molecule has 2 saturated carbocycles. The van der Waals surface area contributed by atoms with Gasteiger partial charge in [0, 0.05) is 11.6 Å². The average molecular weight is 250 g/mol. The molecule has 18 heavy (non-hydrogen) atoms. The quantitative estimate of drug-likeness (QED) is 0.824. The van der Waals surface area contributed by atoms with Crippen LogP contribution in [0.1, 0.15) is 64.2 Å². The van der Waals surface area contributed by atoms with E-state index in [2.05, 4.69) is 17.3 Å². The van der Waals surface area contributed by atoms with Crippen LogP contribution in [0.5, 0.6) is 0 Å². The van der Waals surface area contributed by atoms with Crippen molar-refractivity contribution >= 4 is 0 Å². The highest BCUT2D eigenvalue weighted by molar-refractivity contribution is 5.07. The fraction of sp³-hybridized carbons (Fsp3) is 1.00. The number of likely N-dealkylation sites (N-methyl/N-ethyl adjacent to an activating group) is 1. The Morgan fingerprint density at radius 2 is 1.61 bits per heavy atom. The first kappa shape index (κ1) is 12.9. The molecule has 1 N–H and O–H groups in total. The lowest BCUT2D eigenvalue weighted by molar-refractivity contribution is 0.00455. The fourth-order valence-electron chi connectivity index (χ4n) is 4.87. The molecule has 0 amide bonds. The zero-order valence-electron chi connectivity index (χ0n) is 12.1. The van der Waals surface area contributed by atoms with Gasteiger partial charge in [-0.05, 0) is 64.6 Å². The molecule has 0 radical (unpaired) electrons. The fourth-order valence-corrected chi connectivity index (χ4v) is 4.87. The maximum atomic E-state index is 3.74. The van der Waals surface area contributed by atoms with Crippen molar-refractivity contribution in [3.8, 4) is 0 Å². The van der Waals surface area contributed by atoms with E-state index in [0.717, 1.165) is 12.0 Å². The summed E-state index contributed by atoms with van der Waals surface area (Å²) in [5.74, 6) is 0.968. The largest absolute Gasteiger partial charge is 0.315 e. The predicted molar refractivity (Wildman–Crippen MR) is 76.8 cm³/mol. The Kier molecular flexibility index (Phi) is 3.95. The lowest BCUT2D eigenvalue weighted by atomic mass is 9.69. The van der Waals surface area contributed by atoms with E-state index in [1.807, 2.05) is 0 Å². The van der Waals surface area contributed by atoms with Crippen molar-refractivity contribution in [1.82, 2.24) is 10.2 Å². The second-order valence-electron chi connectivity index (χ2n) is 6.82. The second-order valence-corrected chi connectivity index (χ2v) is 6.82. The van der Waals surface area contributed by atoms with E-state index in [1.165, 1.54) is 77.3 Å². The highest BCUT2D eigenvalue weighted by atomic mass is 15.2. The van der Waals surface area contributed by atoms with E-state index in [4.69, 9.17) is 0 Å². The van der Waals surface area contributed by atoms with Gasteiger partial charge in [-0.25, -0.2) is 0 Å². The van der Waals surface area contributed by atoms with E-state index in [0.29, 0.717) is 5.54 Å². The van der Waals surface area contributed by atoms with Crippen LogP contribution in [-0.4, -0.2) is 36.6 Å². The molecular formula is C16H30N2. The summed E-state index contributed by atoms with van der Waals surface area (Å²) < 4.78 is 0. The third-order valence-electron chi connectivity index (χ3n) is 5.97. The molecular weight excluding hydrogens is 220 g/mol. The van der Waals surface area contributed by atoms with E-state index >= 15 is 0 Å². The Bertz CT molecular complexity index is 260. The van der Waals surface area contributed by atoms with Gasteiger partial charge in [-0.1, -0.05) is 25.7 Å². The van der Waals surface area contributed by atoms with Crippen LogP contribution >= 0.6 is 0 Å². The lowest BCUT2D eigenvalue weighted by Crippen LogP contribution is -2.63. The SMILES string of the molecule is CNC(C1CCC1)C1(N2CCCCC2)CCCC1. The number of nitrogens with zero attached hydrogens (tertiary/aromatic N) is 1. The molecule has 0 bridgehead atoms. The van der Waals surface area contributed by atoms with Gasteiger partial charge < -0.3 is 5.32 Å². The topological polar surface area (TPSA) is 15.3 Å². The van der Waals surface area contributed by atoms with Crippen molar-refractivity contribution < 1.29 is 0 Å². The molecule has 3 fully saturated rings. The summed E-state index contributed by atoms with van der Waals surface area (Å²) in [5.41, 5.74) is 0.528. The lowest BCUT2D eigenvalue weighted by Gasteiger charge is -2.52. The Morgan fingerprint density at radius 1 is 0.944 bits per heavy atom. The molecule has 1 aliphatic heterocycles. The molecule has 2 nitrogen and oxygen atoms in total. The third kappa shape index (κ3) is 2.12. The van der Waals surface area contributed by atoms with Crippen LogP contribution < -0.4 is 5.32 Å². The van der Waals surface area contributed by atoms with Crippen molar-refractivity contribution in [3.63, 3.8) is 0 Å². The Hall–Kier alpha value is -0.0800. The molecule has 2 aliphatic carbocycles. The van der Waals surface area contributed by atoms with Crippen LogP contribution in [-0.2, 0) is 0 Å². The number of hydrogen-bond donors (Lipinski definition) is 1. The molecule has 0 aromatic heterocycles. The molecule has 3 aliphatic rings. The van der Waals surface area contributed by atoms with Gasteiger partial charge in [0.25, 0.3) is 0 Å². The predicted octanol–water partition coefficient (Wildman–Crippen LogP) is 3.17. The molecule has 3 rings (SSSR count). The smallest absolute Gasteiger partial charge is 0.0365 e. The normalized spacial score (nSPS) is 31.2. The molecule has 1 unspecified atom stereocenters. The molecule has 0 aromatic carbocycles. The minimum absolute atomic E-state index is 0.528. The highest BCUT2D eigenvalue weighted by Gasteiger charge is 2.49. The van der Waals surface area contributed by atoms with Gasteiger partial charge in [0.05, 0.1) is 0 Å². The van der Waals surface area contributed by atoms with Crippen LogP contribution in [0.3, 0.4) is 0 Å². The van der Waals surface area contributed by atoms with E-state index in [9.17, 15) is 0 Å². The van der Waals surface area contributed by atoms with Crippen LogP contribution in [0.15, 0.2) is 0 Å². The maximum Gasteiger partial charge on any atom is 0.0365 e. The molecule has 104 valence electrons. The first-order valence-electron chi connectivity index (χ1n) is 8.29. The minimum Gasteiger partial charge on any atom is -0.315 e. The van der Waals surface area contributed by atoms with Gasteiger partial charge in [0.1, 0.15) is 0 Å². The number of hydrogen-bond acceptors (Lipinski definition) is 2. The van der Waals surface area contributed by atoms with Crippen molar-refractivity contribution in [3.05, 3.63) is 0 Å². The zero-order valence-corrected chi connectivity index (χ0v) is 12.1. The zero-order chi connectivity index (χ0) is 12.4. The molecule has 0 aromatic rings. The Balaban J connectivity index is 1.79. The third-order valence-corrected chi connectivity index (χ3v) is 5.97. The monoisotopic (exact) mass is 250 g/mol. The standard InChI is InChI=1S/C16H30N2/c1-17-15(14-8-7-9-14)16(10-3-4-11-16)18-12-5-2-6-13-18/h14-15,17H,2-13H2,1H3. The molecule has 0 spiro atoms. The second kappa shape index (κ2) is 5.50. The molecule has 1 atom stereocenters. The van der Waals surface area contributed by atoms with Gasteiger partial charge in [-0.2, -0.15) is 0 Å². The molecule has 2 heteroatoms. The summed E-state index contributed by atoms with van der Waals surface area (Å²) in [5, 5.41) is 3.74. The van der Waals surface area contributed by atoms with Crippen molar-refractivity contribution in [2.24, 2.45) is 5.92 Å². The van der Waals surface area contributed by atoms with E-state index < -0.39 is 0 Å². The van der Waals surface area contributed by atoms with Crippen LogP contribution in [0, 0.1) is 5.92 Å². The van der Waals surface area contributed by atoms with Gasteiger partial charge in [-0.3, -0.25) is 4.90 Å². The Labute approximate surface area is 113 Å². The first-order chi connectivity index (χ1) is 8.87. The van der Waals surface area contributed by atoms with Crippen molar-refractivity contribution in [2.45, 2.75) is 75.8 Å². The van der Waals surface area contributed by atoms with Crippen LogP contribution in [0.4, 0.5) is 0 Å². The minimum atomic E-state index is 0.528. The number of nitrogens with one attached hydrogen (secondary N) is 1. The number of likely N-dealkylation sites (tertiary alicyclic amines) is 1. The summed E-state index contributed by atoms with van der Waals surface area (Å²) in [6, 6.07) is 0.770. The van der Waals surface area contributed by atoms with E-state index in [-0.39, 0.29) is 0 Å². The molecule has 1 saturated heterocycles. The van der Waals surface area contributed by atoms with Gasteiger partial charge in [0.2, 0.25) is 0 Å². The maximum absolute atomic E-state index is 3.74. The van der Waals surface area contributed by atoms with Gasteiger partial charge in [-0.15, -0.1) is 0 Å². The first-order valence-corrected chi connectivity index (χ1v) is 8.29. The highest BCUT2D eigenvalue weighted by Crippen LogP contribution is 2.45. The number of rotatable bonds is 4. The van der Waals surface area contributed by atoms with Crippen LogP contribution in [0.2, 0.25) is 0 Å². The van der Waals surface area contributed by atoms with Crippen molar-refractivity contribution in [2.75, 3.05) is 20.1 Å².